The number of benzene rings is 1. The van der Waals surface area contributed by atoms with Gasteiger partial charge in [0.15, 0.2) is 11.6 Å². The fraction of sp³-hybridized carbons (Fsp3) is 0.100. The third-order valence-corrected chi connectivity index (χ3v) is 1.99. The fourth-order valence-electron chi connectivity index (χ4n) is 1.34. The Bertz CT molecular complexity index is 482. The molecule has 2 aromatic rings. The Kier molecular flexibility index (Phi) is 2.15. The minimum Gasteiger partial charge on any atom is -0.399 e. The van der Waals surface area contributed by atoms with Crippen LogP contribution in [0.4, 0.5) is 14.5 Å². The number of aromatic nitrogens is 2. The lowest BCUT2D eigenvalue weighted by Gasteiger charge is -2.05. The first-order valence-electron chi connectivity index (χ1n) is 4.35. The van der Waals surface area contributed by atoms with Crippen molar-refractivity contribution in [2.45, 2.75) is 6.92 Å². The van der Waals surface area contributed by atoms with Crippen LogP contribution in [0.5, 0.6) is 0 Å². The zero-order valence-electron chi connectivity index (χ0n) is 8.04. The first-order valence-corrected chi connectivity index (χ1v) is 4.35. The number of halogens is 2. The van der Waals surface area contributed by atoms with Gasteiger partial charge in [-0.2, -0.15) is 5.10 Å². The van der Waals surface area contributed by atoms with Crippen molar-refractivity contribution < 1.29 is 8.78 Å². The largest absolute Gasteiger partial charge is 0.399 e. The smallest absolute Gasteiger partial charge is 0.153 e. The van der Waals surface area contributed by atoms with Gasteiger partial charge in [0.05, 0.1) is 5.69 Å². The Morgan fingerprint density at radius 2 is 1.87 bits per heavy atom. The molecule has 0 atom stereocenters. The summed E-state index contributed by atoms with van der Waals surface area (Å²) < 4.78 is 28.0. The summed E-state index contributed by atoms with van der Waals surface area (Å²) in [4.78, 5) is 0. The van der Waals surface area contributed by atoms with Gasteiger partial charge in [-0.15, -0.1) is 0 Å². The second kappa shape index (κ2) is 3.34. The summed E-state index contributed by atoms with van der Waals surface area (Å²) in [6.07, 6.45) is 1.49. The van der Waals surface area contributed by atoms with E-state index in [1.807, 2.05) is 0 Å². The number of hydrogen-bond donors (Lipinski definition) is 1. The molecule has 0 aliphatic rings. The number of nitrogen functional groups attached to an aromatic ring is 1. The summed E-state index contributed by atoms with van der Waals surface area (Å²) in [5, 5.41) is 3.93. The first-order chi connectivity index (χ1) is 7.08. The van der Waals surface area contributed by atoms with Gasteiger partial charge in [-0.05, 0) is 25.1 Å². The lowest BCUT2D eigenvalue weighted by atomic mass is 10.2. The molecule has 0 bridgehead atoms. The SMILES string of the molecule is Cc1ccn(-c2c(F)cc(N)cc2F)n1. The van der Waals surface area contributed by atoms with Crippen LogP contribution >= 0.6 is 0 Å². The van der Waals surface area contributed by atoms with E-state index in [9.17, 15) is 8.78 Å². The number of anilines is 1. The van der Waals surface area contributed by atoms with E-state index in [1.54, 1.807) is 13.0 Å². The predicted molar refractivity (Wildman–Crippen MR) is 52.6 cm³/mol. The summed E-state index contributed by atoms with van der Waals surface area (Å²) in [5.41, 5.74) is 5.83. The lowest BCUT2D eigenvalue weighted by molar-refractivity contribution is 0.560. The number of nitrogens with zero attached hydrogens (tertiary/aromatic N) is 2. The summed E-state index contributed by atoms with van der Waals surface area (Å²) in [6.45, 7) is 1.74. The van der Waals surface area contributed by atoms with Crippen LogP contribution in [0, 0.1) is 18.6 Å². The average molecular weight is 209 g/mol. The third kappa shape index (κ3) is 1.68. The van der Waals surface area contributed by atoms with Gasteiger partial charge in [-0.25, -0.2) is 13.5 Å². The molecule has 0 fully saturated rings. The molecule has 1 aromatic heterocycles. The van der Waals surface area contributed by atoms with Crippen LogP contribution in [0.25, 0.3) is 5.69 Å². The highest BCUT2D eigenvalue weighted by Crippen LogP contribution is 2.20. The van der Waals surface area contributed by atoms with Crippen molar-refractivity contribution in [1.29, 1.82) is 0 Å². The van der Waals surface area contributed by atoms with Crippen molar-refractivity contribution in [2.24, 2.45) is 0 Å². The van der Waals surface area contributed by atoms with Crippen molar-refractivity contribution in [3.8, 4) is 5.69 Å². The van der Waals surface area contributed by atoms with Crippen LogP contribution in [0.15, 0.2) is 24.4 Å². The van der Waals surface area contributed by atoms with Gasteiger partial charge in [-0.3, -0.25) is 0 Å². The molecule has 0 spiro atoms. The van der Waals surface area contributed by atoms with Gasteiger partial charge < -0.3 is 5.73 Å². The number of aryl methyl sites for hydroxylation is 1. The highest BCUT2D eigenvalue weighted by Gasteiger charge is 2.12. The average Bonchev–Trinajstić information content (AvgIpc) is 2.49. The van der Waals surface area contributed by atoms with Crippen molar-refractivity contribution >= 4 is 5.69 Å². The highest BCUT2D eigenvalue weighted by atomic mass is 19.1. The second-order valence-corrected chi connectivity index (χ2v) is 3.23. The molecule has 2 N–H and O–H groups in total. The minimum atomic E-state index is -0.726. The number of rotatable bonds is 1. The predicted octanol–water partition coefficient (Wildman–Crippen LogP) is 2.04. The Labute approximate surface area is 85.1 Å². The number of hydrogen-bond acceptors (Lipinski definition) is 2. The zero-order valence-corrected chi connectivity index (χ0v) is 8.04. The lowest BCUT2D eigenvalue weighted by Crippen LogP contribution is -2.03. The van der Waals surface area contributed by atoms with Crippen LogP contribution in [0.3, 0.4) is 0 Å². The van der Waals surface area contributed by atoms with Gasteiger partial charge >= 0.3 is 0 Å². The van der Waals surface area contributed by atoms with Gasteiger partial charge in [0.1, 0.15) is 5.69 Å². The monoisotopic (exact) mass is 209 g/mol. The van der Waals surface area contributed by atoms with Crippen LogP contribution < -0.4 is 5.73 Å². The van der Waals surface area contributed by atoms with Crippen LogP contribution in [0.1, 0.15) is 5.69 Å². The molecule has 0 saturated carbocycles. The molecule has 1 aromatic carbocycles. The van der Waals surface area contributed by atoms with E-state index >= 15 is 0 Å². The maximum absolute atomic E-state index is 13.4. The van der Waals surface area contributed by atoms with E-state index in [2.05, 4.69) is 5.10 Å². The molecule has 0 saturated heterocycles. The Morgan fingerprint density at radius 1 is 1.27 bits per heavy atom. The van der Waals surface area contributed by atoms with Gasteiger partial charge in [-0.1, -0.05) is 0 Å². The molecule has 3 nitrogen and oxygen atoms in total. The van der Waals surface area contributed by atoms with Crippen molar-refractivity contribution in [2.75, 3.05) is 5.73 Å². The molecular weight excluding hydrogens is 200 g/mol. The normalized spacial score (nSPS) is 10.6. The topological polar surface area (TPSA) is 43.8 Å². The van der Waals surface area contributed by atoms with Gasteiger partial charge in [0.2, 0.25) is 0 Å². The van der Waals surface area contributed by atoms with Crippen molar-refractivity contribution in [3.63, 3.8) is 0 Å². The van der Waals surface area contributed by atoms with Crippen molar-refractivity contribution in [3.05, 3.63) is 41.7 Å². The Hall–Kier alpha value is -1.91. The molecule has 0 radical (unpaired) electrons. The Morgan fingerprint density at radius 3 is 2.33 bits per heavy atom. The molecule has 2 rings (SSSR count). The van der Waals surface area contributed by atoms with E-state index in [0.29, 0.717) is 5.69 Å². The molecule has 0 amide bonds. The maximum Gasteiger partial charge on any atom is 0.153 e. The first kappa shape index (κ1) is 9.64. The third-order valence-electron chi connectivity index (χ3n) is 1.99. The van der Waals surface area contributed by atoms with Gasteiger partial charge in [0.25, 0.3) is 0 Å². The maximum atomic E-state index is 13.4. The zero-order chi connectivity index (χ0) is 11.0. The second-order valence-electron chi connectivity index (χ2n) is 3.23. The molecule has 78 valence electrons. The fourth-order valence-corrected chi connectivity index (χ4v) is 1.34. The molecular formula is C10H9F2N3. The molecule has 15 heavy (non-hydrogen) atoms. The highest BCUT2D eigenvalue weighted by molar-refractivity contribution is 5.47. The van der Waals surface area contributed by atoms with E-state index in [-0.39, 0.29) is 11.4 Å². The summed E-state index contributed by atoms with van der Waals surface area (Å²) in [6, 6.07) is 3.79. The van der Waals surface area contributed by atoms with Crippen LogP contribution in [-0.2, 0) is 0 Å². The van der Waals surface area contributed by atoms with E-state index in [4.69, 9.17) is 5.73 Å². The Balaban J connectivity index is 2.62. The molecule has 0 unspecified atom stereocenters. The van der Waals surface area contributed by atoms with Crippen LogP contribution in [0.2, 0.25) is 0 Å². The molecule has 1 heterocycles. The van der Waals surface area contributed by atoms with E-state index < -0.39 is 11.6 Å². The van der Waals surface area contributed by atoms with Crippen LogP contribution in [-0.4, -0.2) is 9.78 Å². The summed E-state index contributed by atoms with van der Waals surface area (Å²) >= 11 is 0. The quantitative estimate of drug-likeness (QED) is 0.730. The number of nitrogens with two attached hydrogens (primary N) is 1. The van der Waals surface area contributed by atoms with E-state index in [0.717, 1.165) is 16.8 Å². The van der Waals surface area contributed by atoms with Crippen molar-refractivity contribution in [1.82, 2.24) is 9.78 Å². The van der Waals surface area contributed by atoms with Gasteiger partial charge in [0, 0.05) is 11.9 Å². The molecule has 0 aliphatic heterocycles. The minimum absolute atomic E-state index is 0.0534. The van der Waals surface area contributed by atoms with E-state index in [1.165, 1.54) is 6.20 Å². The molecule has 0 aliphatic carbocycles. The standard InChI is InChI=1S/C10H9F2N3/c1-6-2-3-15(14-6)10-8(11)4-7(13)5-9(10)12/h2-5H,13H2,1H3. The summed E-state index contributed by atoms with van der Waals surface area (Å²) in [7, 11) is 0. The summed E-state index contributed by atoms with van der Waals surface area (Å²) in [5.74, 6) is -1.45. The molecule has 5 heteroatoms.